The molecule has 0 radical (unpaired) electrons. The standard InChI is InChI=1S/C25H21N3O6/c1-26-25(31)28-21(29)12-32-24(30)22-16-4-2-3-5-18(16)27-23-15(7-8-17(22)23)10-14-6-9-19-20(11-14)34-13-33-19/h2-6,9-11H,7-8,12-13H2,1H3,(H2,26,28,29,31). The van der Waals surface area contributed by atoms with Gasteiger partial charge in [0.2, 0.25) is 6.79 Å². The molecule has 172 valence electrons. The SMILES string of the molecule is CNC(=O)NC(=O)COC(=O)c1c2c(nc3ccccc13)C(=Cc1ccc3c(c1)OCO3)CC2. The Balaban J connectivity index is 1.48. The largest absolute Gasteiger partial charge is 0.454 e. The van der Waals surface area contributed by atoms with Crippen LogP contribution in [0.25, 0.3) is 22.6 Å². The molecule has 0 atom stereocenters. The summed E-state index contributed by atoms with van der Waals surface area (Å²) in [5.74, 6) is 0.0549. The average molecular weight is 459 g/mol. The highest BCUT2D eigenvalue weighted by atomic mass is 16.7. The Morgan fingerprint density at radius 1 is 1.09 bits per heavy atom. The van der Waals surface area contributed by atoms with E-state index in [0.717, 1.165) is 22.4 Å². The van der Waals surface area contributed by atoms with Crippen LogP contribution in [0.3, 0.4) is 0 Å². The Morgan fingerprint density at radius 2 is 1.91 bits per heavy atom. The molecule has 0 saturated heterocycles. The Bertz CT molecular complexity index is 1360. The monoisotopic (exact) mass is 459 g/mol. The summed E-state index contributed by atoms with van der Waals surface area (Å²) in [6.07, 6.45) is 3.34. The molecular weight excluding hydrogens is 438 g/mol. The summed E-state index contributed by atoms with van der Waals surface area (Å²) in [6, 6.07) is 12.4. The number of fused-ring (bicyclic) bond motifs is 3. The first-order valence-corrected chi connectivity index (χ1v) is 10.7. The highest BCUT2D eigenvalue weighted by molar-refractivity contribution is 6.08. The number of amides is 3. The van der Waals surface area contributed by atoms with E-state index < -0.39 is 24.5 Å². The second-order valence-corrected chi connectivity index (χ2v) is 7.82. The summed E-state index contributed by atoms with van der Waals surface area (Å²) >= 11 is 0. The summed E-state index contributed by atoms with van der Waals surface area (Å²) in [6.45, 7) is -0.365. The van der Waals surface area contributed by atoms with Gasteiger partial charge in [-0.1, -0.05) is 24.3 Å². The highest BCUT2D eigenvalue weighted by Crippen LogP contribution is 2.39. The van der Waals surface area contributed by atoms with Gasteiger partial charge in [0, 0.05) is 12.4 Å². The molecule has 2 N–H and O–H groups in total. The molecule has 9 nitrogen and oxygen atoms in total. The fraction of sp³-hybridized carbons (Fsp3) is 0.200. The van der Waals surface area contributed by atoms with Gasteiger partial charge >= 0.3 is 12.0 Å². The number of para-hydroxylation sites is 1. The van der Waals surface area contributed by atoms with Crippen molar-refractivity contribution in [3.05, 3.63) is 64.8 Å². The number of nitrogens with one attached hydrogen (secondary N) is 2. The number of rotatable bonds is 4. The Hall–Kier alpha value is -4.40. The zero-order valence-electron chi connectivity index (χ0n) is 18.3. The van der Waals surface area contributed by atoms with Crippen LogP contribution in [0.2, 0.25) is 0 Å². The first kappa shape index (κ1) is 21.4. The number of esters is 1. The van der Waals surface area contributed by atoms with Gasteiger partial charge in [0.15, 0.2) is 18.1 Å². The van der Waals surface area contributed by atoms with E-state index in [1.165, 1.54) is 7.05 Å². The van der Waals surface area contributed by atoms with Crippen LogP contribution in [0.15, 0.2) is 42.5 Å². The van der Waals surface area contributed by atoms with Gasteiger partial charge in [0.1, 0.15) is 0 Å². The Labute approximate surface area is 194 Å². The minimum atomic E-state index is -0.717. The van der Waals surface area contributed by atoms with Crippen LogP contribution in [0.5, 0.6) is 11.5 Å². The number of carbonyl (C=O) groups is 3. The molecule has 1 aliphatic heterocycles. The molecule has 3 aromatic rings. The van der Waals surface area contributed by atoms with Crippen LogP contribution in [0.4, 0.5) is 4.79 Å². The van der Waals surface area contributed by atoms with Gasteiger partial charge in [-0.2, -0.15) is 0 Å². The topological polar surface area (TPSA) is 116 Å². The zero-order chi connectivity index (χ0) is 23.7. The summed E-state index contributed by atoms with van der Waals surface area (Å²) in [5.41, 5.74) is 4.49. The molecule has 5 rings (SSSR count). The van der Waals surface area contributed by atoms with Crippen LogP contribution < -0.4 is 20.1 Å². The van der Waals surface area contributed by atoms with Crippen molar-refractivity contribution in [2.24, 2.45) is 0 Å². The van der Waals surface area contributed by atoms with Crippen molar-refractivity contribution < 1.29 is 28.6 Å². The van der Waals surface area contributed by atoms with E-state index >= 15 is 0 Å². The molecule has 2 aliphatic rings. The van der Waals surface area contributed by atoms with E-state index in [-0.39, 0.29) is 6.79 Å². The second-order valence-electron chi connectivity index (χ2n) is 7.82. The minimum absolute atomic E-state index is 0.207. The van der Waals surface area contributed by atoms with E-state index in [9.17, 15) is 14.4 Å². The summed E-state index contributed by atoms with van der Waals surface area (Å²) in [5, 5.41) is 5.00. The molecule has 0 spiro atoms. The molecule has 0 saturated carbocycles. The number of pyridine rings is 1. The molecule has 34 heavy (non-hydrogen) atoms. The smallest absolute Gasteiger partial charge is 0.339 e. The van der Waals surface area contributed by atoms with Gasteiger partial charge in [-0.3, -0.25) is 10.1 Å². The van der Waals surface area contributed by atoms with Gasteiger partial charge in [-0.15, -0.1) is 0 Å². The maximum Gasteiger partial charge on any atom is 0.339 e. The quantitative estimate of drug-likeness (QED) is 0.576. The van der Waals surface area contributed by atoms with Crippen LogP contribution in [-0.4, -0.2) is 43.3 Å². The molecule has 2 heterocycles. The third-order valence-electron chi connectivity index (χ3n) is 5.70. The lowest BCUT2D eigenvalue weighted by Gasteiger charge is -2.12. The number of ether oxygens (including phenoxy) is 3. The van der Waals surface area contributed by atoms with Crippen molar-refractivity contribution in [1.29, 1.82) is 0 Å². The lowest BCUT2D eigenvalue weighted by molar-refractivity contribution is -0.123. The van der Waals surface area contributed by atoms with Crippen molar-refractivity contribution in [1.82, 2.24) is 15.6 Å². The van der Waals surface area contributed by atoms with Gasteiger partial charge in [-0.25, -0.2) is 14.6 Å². The van der Waals surface area contributed by atoms with Crippen molar-refractivity contribution in [3.63, 3.8) is 0 Å². The molecule has 3 amide bonds. The lowest BCUT2D eigenvalue weighted by atomic mass is 10.0. The first-order valence-electron chi connectivity index (χ1n) is 10.7. The molecule has 1 aromatic heterocycles. The van der Waals surface area contributed by atoms with Gasteiger partial charge in [0.05, 0.1) is 16.8 Å². The third kappa shape index (κ3) is 4.03. The normalized spacial score (nSPS) is 14.7. The number of hydrogen-bond donors (Lipinski definition) is 2. The number of carbonyl (C=O) groups excluding carboxylic acids is 3. The van der Waals surface area contributed by atoms with E-state index in [4.69, 9.17) is 19.2 Å². The zero-order valence-corrected chi connectivity index (χ0v) is 18.3. The van der Waals surface area contributed by atoms with Gasteiger partial charge < -0.3 is 19.5 Å². The predicted molar refractivity (Wildman–Crippen MR) is 123 cm³/mol. The maximum atomic E-state index is 13.1. The molecule has 2 aromatic carbocycles. The van der Waals surface area contributed by atoms with E-state index in [0.29, 0.717) is 40.8 Å². The highest BCUT2D eigenvalue weighted by Gasteiger charge is 2.28. The molecular formula is C25H21N3O6. The fourth-order valence-corrected chi connectivity index (χ4v) is 4.14. The van der Waals surface area contributed by atoms with Gasteiger partial charge in [0.25, 0.3) is 5.91 Å². The van der Waals surface area contributed by atoms with Crippen molar-refractivity contribution in [2.75, 3.05) is 20.4 Å². The number of benzene rings is 2. The Kier molecular flexibility index (Phi) is 5.59. The van der Waals surface area contributed by atoms with Crippen LogP contribution >= 0.6 is 0 Å². The molecule has 9 heteroatoms. The summed E-state index contributed by atoms with van der Waals surface area (Å²) in [7, 11) is 1.38. The number of urea groups is 1. The second kappa shape index (κ2) is 8.86. The van der Waals surface area contributed by atoms with Crippen molar-refractivity contribution in [2.45, 2.75) is 12.8 Å². The van der Waals surface area contributed by atoms with E-state index in [1.54, 1.807) is 0 Å². The summed E-state index contributed by atoms with van der Waals surface area (Å²) < 4.78 is 16.1. The van der Waals surface area contributed by atoms with E-state index in [1.807, 2.05) is 48.5 Å². The van der Waals surface area contributed by atoms with Crippen molar-refractivity contribution >= 4 is 40.5 Å². The number of nitrogens with zero attached hydrogens (tertiary/aromatic N) is 1. The number of aromatic nitrogens is 1. The third-order valence-corrected chi connectivity index (χ3v) is 5.70. The number of imide groups is 1. The Morgan fingerprint density at radius 3 is 2.76 bits per heavy atom. The van der Waals surface area contributed by atoms with Crippen LogP contribution in [-0.2, 0) is 16.0 Å². The van der Waals surface area contributed by atoms with Crippen LogP contribution in [0, 0.1) is 0 Å². The fourth-order valence-electron chi connectivity index (χ4n) is 4.14. The first-order chi connectivity index (χ1) is 16.5. The number of allylic oxidation sites excluding steroid dienone is 1. The maximum absolute atomic E-state index is 13.1. The minimum Gasteiger partial charge on any atom is -0.454 e. The molecule has 0 fully saturated rings. The molecule has 0 unspecified atom stereocenters. The number of hydrogen-bond acceptors (Lipinski definition) is 7. The van der Waals surface area contributed by atoms with E-state index in [2.05, 4.69) is 10.6 Å². The van der Waals surface area contributed by atoms with Gasteiger partial charge in [-0.05, 0) is 53.8 Å². The lowest BCUT2D eigenvalue weighted by Crippen LogP contribution is -2.39. The molecule has 0 bridgehead atoms. The average Bonchev–Trinajstić information content (AvgIpc) is 3.47. The molecule has 1 aliphatic carbocycles. The van der Waals surface area contributed by atoms with Crippen LogP contribution in [0.1, 0.15) is 33.6 Å². The summed E-state index contributed by atoms with van der Waals surface area (Å²) in [4.78, 5) is 41.1. The van der Waals surface area contributed by atoms with Crippen molar-refractivity contribution in [3.8, 4) is 11.5 Å². The predicted octanol–water partition coefficient (Wildman–Crippen LogP) is 3.06.